The average molecular weight is 202 g/mol. The molecule has 1 heterocycles. The van der Waals surface area contributed by atoms with Gasteiger partial charge in [0, 0.05) is 13.1 Å². The molecule has 4 nitrogen and oxygen atoms in total. The van der Waals surface area contributed by atoms with Gasteiger partial charge in [0.15, 0.2) is 0 Å². The van der Waals surface area contributed by atoms with Crippen LogP contribution >= 0.6 is 0 Å². The highest BCUT2D eigenvalue weighted by Gasteiger charge is 2.23. The Morgan fingerprint density at radius 1 is 1.33 bits per heavy atom. The zero-order chi connectivity index (χ0) is 10.3. The molecule has 0 amide bonds. The van der Waals surface area contributed by atoms with E-state index in [0.29, 0.717) is 6.04 Å². The largest absolute Gasteiger partial charge is 0.295 e. The highest BCUT2D eigenvalue weighted by atomic mass is 15.7. The number of benzene rings is 1. The Labute approximate surface area is 88.5 Å². The third-order valence-electron chi connectivity index (χ3n) is 3.24. The van der Waals surface area contributed by atoms with E-state index >= 15 is 0 Å². The van der Waals surface area contributed by atoms with Crippen molar-refractivity contribution in [2.45, 2.75) is 25.3 Å². The van der Waals surface area contributed by atoms with E-state index in [-0.39, 0.29) is 0 Å². The van der Waals surface area contributed by atoms with E-state index in [1.807, 2.05) is 23.0 Å². The van der Waals surface area contributed by atoms with E-state index in [4.69, 9.17) is 0 Å². The number of rotatable bonds is 2. The molecule has 0 bridgehead atoms. The molecular formula is C11H14N4. The van der Waals surface area contributed by atoms with Gasteiger partial charge in [-0.1, -0.05) is 12.1 Å². The first-order chi connectivity index (χ1) is 7.36. The second-order valence-corrected chi connectivity index (χ2v) is 4.13. The lowest BCUT2D eigenvalue weighted by molar-refractivity contribution is 0.337. The van der Waals surface area contributed by atoms with Crippen LogP contribution in [-0.2, 0) is 0 Å². The topological polar surface area (TPSA) is 34.0 Å². The van der Waals surface area contributed by atoms with Gasteiger partial charge < -0.3 is 0 Å². The summed E-state index contributed by atoms with van der Waals surface area (Å²) in [5.74, 6) is 0. The highest BCUT2D eigenvalue weighted by molar-refractivity contribution is 5.74. The standard InChI is InChI=1S/C11H14N4/c1-14(9-5-4-6-9)15-11-8-3-2-7-10(11)12-13-15/h2-3,7-9H,4-6H2,1H3. The molecule has 1 aromatic heterocycles. The maximum Gasteiger partial charge on any atom is 0.115 e. The molecule has 0 N–H and O–H groups in total. The van der Waals surface area contributed by atoms with Crippen molar-refractivity contribution in [1.29, 1.82) is 0 Å². The van der Waals surface area contributed by atoms with Crippen LogP contribution in [0.15, 0.2) is 24.3 Å². The predicted octanol–water partition coefficient (Wildman–Crippen LogP) is 1.55. The lowest BCUT2D eigenvalue weighted by atomic mass is 9.93. The van der Waals surface area contributed by atoms with E-state index < -0.39 is 0 Å². The number of nitrogens with zero attached hydrogens (tertiary/aromatic N) is 4. The van der Waals surface area contributed by atoms with Gasteiger partial charge in [-0.25, -0.2) is 0 Å². The SMILES string of the molecule is CN(C1CCC1)n1nnc2ccccc21. The fourth-order valence-corrected chi connectivity index (χ4v) is 2.00. The Hall–Kier alpha value is -1.58. The monoisotopic (exact) mass is 202 g/mol. The second kappa shape index (κ2) is 3.22. The fourth-order valence-electron chi connectivity index (χ4n) is 2.00. The summed E-state index contributed by atoms with van der Waals surface area (Å²) in [7, 11) is 2.09. The van der Waals surface area contributed by atoms with Gasteiger partial charge in [-0.15, -0.1) is 5.10 Å². The Kier molecular flexibility index (Phi) is 1.87. The van der Waals surface area contributed by atoms with Gasteiger partial charge in [0.1, 0.15) is 11.0 Å². The fraction of sp³-hybridized carbons (Fsp3) is 0.455. The first-order valence-electron chi connectivity index (χ1n) is 5.40. The lowest BCUT2D eigenvalue weighted by Crippen LogP contribution is -2.45. The zero-order valence-corrected chi connectivity index (χ0v) is 8.80. The van der Waals surface area contributed by atoms with Crippen LogP contribution in [0.3, 0.4) is 0 Å². The summed E-state index contributed by atoms with van der Waals surface area (Å²) in [4.78, 5) is 1.92. The van der Waals surface area contributed by atoms with Crippen molar-refractivity contribution >= 4 is 11.0 Å². The van der Waals surface area contributed by atoms with E-state index in [0.717, 1.165) is 11.0 Å². The highest BCUT2D eigenvalue weighted by Crippen LogP contribution is 2.23. The molecule has 1 saturated carbocycles. The van der Waals surface area contributed by atoms with Crippen LogP contribution in [-0.4, -0.2) is 28.2 Å². The molecule has 1 aliphatic carbocycles. The molecule has 0 spiro atoms. The minimum absolute atomic E-state index is 0.634. The summed E-state index contributed by atoms with van der Waals surface area (Å²) in [6, 6.07) is 8.70. The van der Waals surface area contributed by atoms with Crippen LogP contribution in [0.5, 0.6) is 0 Å². The molecule has 1 aliphatic rings. The summed E-state index contributed by atoms with van der Waals surface area (Å²) in [6.07, 6.45) is 3.87. The van der Waals surface area contributed by atoms with Crippen molar-refractivity contribution in [3.63, 3.8) is 0 Å². The number of fused-ring (bicyclic) bond motifs is 1. The smallest absolute Gasteiger partial charge is 0.115 e. The van der Waals surface area contributed by atoms with E-state index in [1.165, 1.54) is 19.3 Å². The quantitative estimate of drug-likeness (QED) is 0.741. The molecule has 0 aliphatic heterocycles. The van der Waals surface area contributed by atoms with Crippen LogP contribution in [0.2, 0.25) is 0 Å². The molecule has 0 radical (unpaired) electrons. The van der Waals surface area contributed by atoms with Crippen molar-refractivity contribution in [3.05, 3.63) is 24.3 Å². The zero-order valence-electron chi connectivity index (χ0n) is 8.80. The lowest BCUT2D eigenvalue weighted by Gasteiger charge is -2.35. The van der Waals surface area contributed by atoms with Gasteiger partial charge in [0.05, 0.1) is 0 Å². The number of aromatic nitrogens is 3. The molecule has 0 saturated heterocycles. The van der Waals surface area contributed by atoms with Crippen molar-refractivity contribution < 1.29 is 0 Å². The molecular weight excluding hydrogens is 188 g/mol. The van der Waals surface area contributed by atoms with Crippen LogP contribution in [0.1, 0.15) is 19.3 Å². The Morgan fingerprint density at radius 3 is 2.87 bits per heavy atom. The van der Waals surface area contributed by atoms with Crippen LogP contribution in [0, 0.1) is 0 Å². The van der Waals surface area contributed by atoms with E-state index in [1.54, 1.807) is 0 Å². The summed E-state index contributed by atoms with van der Waals surface area (Å²) in [5.41, 5.74) is 2.05. The molecule has 2 aromatic rings. The Morgan fingerprint density at radius 2 is 2.13 bits per heavy atom. The van der Waals surface area contributed by atoms with Crippen LogP contribution in [0.25, 0.3) is 11.0 Å². The number of hydrogen-bond donors (Lipinski definition) is 0. The van der Waals surface area contributed by atoms with Gasteiger partial charge in [0.25, 0.3) is 0 Å². The summed E-state index contributed by atoms with van der Waals surface area (Å²) >= 11 is 0. The van der Waals surface area contributed by atoms with Crippen molar-refractivity contribution in [2.75, 3.05) is 12.1 Å². The molecule has 0 unspecified atom stereocenters. The molecule has 15 heavy (non-hydrogen) atoms. The summed E-state index contributed by atoms with van der Waals surface area (Å²) in [6.45, 7) is 0. The molecule has 78 valence electrons. The summed E-state index contributed by atoms with van der Waals surface area (Å²) in [5, 5.41) is 10.5. The van der Waals surface area contributed by atoms with Crippen LogP contribution < -0.4 is 5.01 Å². The first-order valence-corrected chi connectivity index (χ1v) is 5.40. The second-order valence-electron chi connectivity index (χ2n) is 4.13. The van der Waals surface area contributed by atoms with Gasteiger partial charge in [-0.2, -0.15) is 4.79 Å². The predicted molar refractivity (Wildman–Crippen MR) is 59.3 cm³/mol. The third kappa shape index (κ3) is 1.28. The number of hydrogen-bond acceptors (Lipinski definition) is 3. The van der Waals surface area contributed by atoms with E-state index in [2.05, 4.69) is 28.4 Å². The molecule has 1 aromatic carbocycles. The summed E-state index contributed by atoms with van der Waals surface area (Å²) < 4.78 is 0. The molecule has 0 atom stereocenters. The maximum absolute atomic E-state index is 4.19. The third-order valence-corrected chi connectivity index (χ3v) is 3.24. The van der Waals surface area contributed by atoms with Crippen molar-refractivity contribution in [3.8, 4) is 0 Å². The van der Waals surface area contributed by atoms with Gasteiger partial charge in [0.2, 0.25) is 0 Å². The minimum Gasteiger partial charge on any atom is -0.295 e. The number of para-hydroxylation sites is 1. The Bertz CT molecular complexity index is 472. The first kappa shape index (κ1) is 8.71. The average Bonchev–Trinajstić information content (AvgIpc) is 2.58. The minimum atomic E-state index is 0.634. The van der Waals surface area contributed by atoms with Crippen LogP contribution in [0.4, 0.5) is 0 Å². The van der Waals surface area contributed by atoms with Crippen molar-refractivity contribution in [1.82, 2.24) is 15.1 Å². The van der Waals surface area contributed by atoms with Gasteiger partial charge in [-0.05, 0) is 36.6 Å². The Balaban J connectivity index is 2.02. The van der Waals surface area contributed by atoms with Crippen molar-refractivity contribution in [2.24, 2.45) is 0 Å². The maximum atomic E-state index is 4.19. The normalized spacial score (nSPS) is 16.6. The van der Waals surface area contributed by atoms with E-state index in [9.17, 15) is 0 Å². The molecule has 1 fully saturated rings. The molecule has 4 heteroatoms. The van der Waals surface area contributed by atoms with Gasteiger partial charge in [-0.3, -0.25) is 5.01 Å². The van der Waals surface area contributed by atoms with Gasteiger partial charge >= 0.3 is 0 Å². The molecule has 3 rings (SSSR count).